The topological polar surface area (TPSA) is 143 Å². The van der Waals surface area contributed by atoms with Crippen molar-refractivity contribution in [2.24, 2.45) is 5.73 Å². The van der Waals surface area contributed by atoms with Crippen LogP contribution in [0.1, 0.15) is 29.7 Å². The Bertz CT molecular complexity index is 1280. The van der Waals surface area contributed by atoms with Crippen LogP contribution in [-0.2, 0) is 14.3 Å². The van der Waals surface area contributed by atoms with E-state index in [2.05, 4.69) is 5.10 Å². The molecule has 0 saturated carbocycles. The number of carbonyl (C=O) groups excluding carboxylic acids is 3. The van der Waals surface area contributed by atoms with Gasteiger partial charge in [-0.3, -0.25) is 14.4 Å². The summed E-state index contributed by atoms with van der Waals surface area (Å²) in [7, 11) is 0. The zero-order valence-electron chi connectivity index (χ0n) is 19.8. The zero-order valence-corrected chi connectivity index (χ0v) is 19.8. The zero-order chi connectivity index (χ0) is 25.7. The van der Waals surface area contributed by atoms with Crippen molar-refractivity contribution in [3.63, 3.8) is 0 Å². The van der Waals surface area contributed by atoms with Gasteiger partial charge < -0.3 is 25.8 Å². The van der Waals surface area contributed by atoms with E-state index in [1.54, 1.807) is 33.8 Å². The van der Waals surface area contributed by atoms with Crippen LogP contribution < -0.4 is 16.2 Å². The molecular formula is C26H27N5O5. The van der Waals surface area contributed by atoms with Gasteiger partial charge in [-0.2, -0.15) is 5.10 Å². The quantitative estimate of drug-likeness (QED) is 0.366. The molecule has 3 aromatic rings. The number of para-hydroxylation sites is 1. The van der Waals surface area contributed by atoms with E-state index in [0.717, 1.165) is 0 Å². The Balaban J connectivity index is 1.51. The molecule has 0 radical (unpaired) electrons. The molecule has 2 amide bonds. The highest BCUT2D eigenvalue weighted by Gasteiger charge is 2.31. The number of carbonyl (C=O) groups is 3. The van der Waals surface area contributed by atoms with E-state index in [4.69, 9.17) is 20.9 Å². The molecule has 10 nitrogen and oxygen atoms in total. The minimum atomic E-state index is -0.683. The lowest BCUT2D eigenvalue weighted by Crippen LogP contribution is -2.28. The van der Waals surface area contributed by atoms with E-state index in [1.807, 2.05) is 30.3 Å². The normalized spacial score (nSPS) is 15.2. The minimum absolute atomic E-state index is 0.0327. The van der Waals surface area contributed by atoms with Gasteiger partial charge in [0, 0.05) is 31.7 Å². The monoisotopic (exact) mass is 489 g/mol. The van der Waals surface area contributed by atoms with Crippen molar-refractivity contribution in [3.8, 4) is 22.8 Å². The molecule has 1 aliphatic rings. The Morgan fingerprint density at radius 3 is 2.44 bits per heavy atom. The second kappa shape index (κ2) is 10.8. The number of hydrogen-bond acceptors (Lipinski definition) is 7. The SMILES string of the molecule is CC(=O)OCC=CC(=O)N1CCC(n2nc(-c3ccc(Oc4ccccc4)cc3)c(C(N)=O)c2N)C1. The lowest BCUT2D eigenvalue weighted by Gasteiger charge is -2.15. The Labute approximate surface area is 208 Å². The standard InChI is InChI=1S/C26H27N5O5/c1-17(32)35-15-5-8-22(33)30-14-13-19(16-30)31-25(27)23(26(28)34)24(29-31)18-9-11-21(12-10-18)36-20-6-3-2-4-7-20/h2-12,19H,13-16,27H2,1H3,(H2,28,34). The van der Waals surface area contributed by atoms with Crippen LogP contribution in [0.5, 0.6) is 11.5 Å². The lowest BCUT2D eigenvalue weighted by molar-refractivity contribution is -0.139. The van der Waals surface area contributed by atoms with Gasteiger partial charge in [-0.05, 0) is 48.9 Å². The Kier molecular flexibility index (Phi) is 7.33. The number of benzene rings is 2. The number of primary amides is 1. The molecule has 2 aromatic carbocycles. The van der Waals surface area contributed by atoms with Crippen LogP contribution in [0.15, 0.2) is 66.7 Å². The first kappa shape index (κ1) is 24.5. The van der Waals surface area contributed by atoms with Crippen molar-refractivity contribution < 1.29 is 23.9 Å². The molecule has 10 heteroatoms. The molecule has 2 heterocycles. The number of likely N-dealkylation sites (tertiary alicyclic amines) is 1. The summed E-state index contributed by atoms with van der Waals surface area (Å²) in [5, 5.41) is 4.62. The van der Waals surface area contributed by atoms with Crippen molar-refractivity contribution in [1.82, 2.24) is 14.7 Å². The maximum Gasteiger partial charge on any atom is 0.302 e. The number of amides is 2. The lowest BCUT2D eigenvalue weighted by atomic mass is 10.1. The van der Waals surface area contributed by atoms with Gasteiger partial charge in [0.25, 0.3) is 5.91 Å². The summed E-state index contributed by atoms with van der Waals surface area (Å²) in [6, 6.07) is 16.3. The summed E-state index contributed by atoms with van der Waals surface area (Å²) in [5.41, 5.74) is 13.1. The van der Waals surface area contributed by atoms with E-state index >= 15 is 0 Å². The molecule has 186 valence electrons. The molecule has 0 spiro atoms. The highest BCUT2D eigenvalue weighted by molar-refractivity contribution is 6.03. The molecule has 0 bridgehead atoms. The molecule has 1 fully saturated rings. The van der Waals surface area contributed by atoms with Crippen LogP contribution in [0.2, 0.25) is 0 Å². The average Bonchev–Trinajstić information content (AvgIpc) is 3.47. The maximum atomic E-state index is 12.5. The molecule has 4 rings (SSSR count). The number of esters is 1. The number of nitrogens with zero attached hydrogens (tertiary/aromatic N) is 3. The molecule has 1 aromatic heterocycles. The number of rotatable bonds is 8. The van der Waals surface area contributed by atoms with Gasteiger partial charge in [0.2, 0.25) is 5.91 Å². The van der Waals surface area contributed by atoms with E-state index in [-0.39, 0.29) is 29.9 Å². The average molecular weight is 490 g/mol. The highest BCUT2D eigenvalue weighted by atomic mass is 16.5. The van der Waals surface area contributed by atoms with Crippen LogP contribution in [0.3, 0.4) is 0 Å². The van der Waals surface area contributed by atoms with Gasteiger partial charge in [-0.25, -0.2) is 4.68 Å². The van der Waals surface area contributed by atoms with Crippen LogP contribution >= 0.6 is 0 Å². The third-order valence-electron chi connectivity index (χ3n) is 5.76. The predicted molar refractivity (Wildman–Crippen MR) is 133 cm³/mol. The second-order valence-electron chi connectivity index (χ2n) is 8.29. The van der Waals surface area contributed by atoms with Gasteiger partial charge in [-0.1, -0.05) is 18.2 Å². The Morgan fingerprint density at radius 2 is 1.78 bits per heavy atom. The van der Waals surface area contributed by atoms with Crippen molar-refractivity contribution in [2.75, 3.05) is 25.4 Å². The van der Waals surface area contributed by atoms with Gasteiger partial charge in [0.1, 0.15) is 35.2 Å². The van der Waals surface area contributed by atoms with Gasteiger partial charge in [0.15, 0.2) is 0 Å². The number of aromatic nitrogens is 2. The largest absolute Gasteiger partial charge is 0.462 e. The Hall–Kier alpha value is -4.60. The molecule has 1 atom stereocenters. The van der Waals surface area contributed by atoms with Crippen molar-refractivity contribution >= 4 is 23.6 Å². The van der Waals surface area contributed by atoms with Gasteiger partial charge in [0.05, 0.1) is 6.04 Å². The fraction of sp³-hybridized carbons (Fsp3) is 0.231. The summed E-state index contributed by atoms with van der Waals surface area (Å²) < 4.78 is 12.2. The summed E-state index contributed by atoms with van der Waals surface area (Å²) in [5.74, 6) is 0.189. The van der Waals surface area contributed by atoms with Crippen molar-refractivity contribution in [1.29, 1.82) is 0 Å². The summed E-state index contributed by atoms with van der Waals surface area (Å²) in [6.07, 6.45) is 3.47. The number of nitrogens with two attached hydrogens (primary N) is 2. The first-order valence-electron chi connectivity index (χ1n) is 11.4. The third-order valence-corrected chi connectivity index (χ3v) is 5.76. The van der Waals surface area contributed by atoms with Crippen LogP contribution in [0.25, 0.3) is 11.3 Å². The maximum absolute atomic E-state index is 12.5. The van der Waals surface area contributed by atoms with Gasteiger partial charge >= 0.3 is 5.97 Å². The van der Waals surface area contributed by atoms with E-state index in [9.17, 15) is 14.4 Å². The number of ether oxygens (including phenoxy) is 2. The highest BCUT2D eigenvalue weighted by Crippen LogP contribution is 2.33. The summed E-state index contributed by atoms with van der Waals surface area (Å²) >= 11 is 0. The summed E-state index contributed by atoms with van der Waals surface area (Å²) in [4.78, 5) is 37.2. The van der Waals surface area contributed by atoms with Gasteiger partial charge in [-0.15, -0.1) is 0 Å². The van der Waals surface area contributed by atoms with Crippen molar-refractivity contribution in [2.45, 2.75) is 19.4 Å². The molecule has 1 saturated heterocycles. The van der Waals surface area contributed by atoms with E-state index in [1.165, 1.54) is 19.1 Å². The van der Waals surface area contributed by atoms with E-state index in [0.29, 0.717) is 42.3 Å². The number of nitrogen functional groups attached to an aromatic ring is 1. The first-order chi connectivity index (χ1) is 17.3. The molecule has 36 heavy (non-hydrogen) atoms. The first-order valence-corrected chi connectivity index (χ1v) is 11.4. The fourth-order valence-corrected chi connectivity index (χ4v) is 4.04. The molecule has 4 N–H and O–H groups in total. The molecule has 1 unspecified atom stereocenters. The number of anilines is 1. The third kappa shape index (κ3) is 5.54. The second-order valence-corrected chi connectivity index (χ2v) is 8.29. The molecule has 0 aliphatic carbocycles. The van der Waals surface area contributed by atoms with Crippen LogP contribution in [0, 0.1) is 0 Å². The van der Waals surface area contributed by atoms with E-state index < -0.39 is 11.9 Å². The fourth-order valence-electron chi connectivity index (χ4n) is 4.04. The van der Waals surface area contributed by atoms with Crippen LogP contribution in [-0.4, -0.2) is 52.2 Å². The Morgan fingerprint density at radius 1 is 1.08 bits per heavy atom. The predicted octanol–water partition coefficient (Wildman–Crippen LogP) is 2.92. The van der Waals surface area contributed by atoms with Crippen molar-refractivity contribution in [3.05, 3.63) is 72.3 Å². The number of hydrogen-bond donors (Lipinski definition) is 2. The molecular weight excluding hydrogens is 462 g/mol. The smallest absolute Gasteiger partial charge is 0.302 e. The van der Waals surface area contributed by atoms with Crippen LogP contribution in [0.4, 0.5) is 5.82 Å². The summed E-state index contributed by atoms with van der Waals surface area (Å²) in [6.45, 7) is 2.19. The molecule has 1 aliphatic heterocycles. The minimum Gasteiger partial charge on any atom is -0.462 e.